The quantitative estimate of drug-likeness (QED) is 0.0322. The number of unbranched alkanes of at least 4 members (excludes halogenated alkanes) is 4. The Labute approximate surface area is 324 Å². The van der Waals surface area contributed by atoms with Crippen LogP contribution in [-0.4, -0.2) is 102 Å². The van der Waals surface area contributed by atoms with Crippen LogP contribution >= 0.6 is 0 Å². The number of ether oxygens (including phenoxy) is 8. The average molecular weight is 775 g/mol. The van der Waals surface area contributed by atoms with Gasteiger partial charge in [-0.15, -0.1) is 0 Å². The van der Waals surface area contributed by atoms with Crippen molar-refractivity contribution in [2.75, 3.05) is 59.3 Å². The van der Waals surface area contributed by atoms with Crippen LogP contribution in [0.4, 0.5) is 9.59 Å². The van der Waals surface area contributed by atoms with E-state index in [4.69, 9.17) is 37.9 Å². The molecule has 306 valence electrons. The number of amides is 2. The maximum Gasteiger partial charge on any atom is 0.407 e. The van der Waals surface area contributed by atoms with E-state index in [2.05, 4.69) is 36.9 Å². The zero-order valence-corrected chi connectivity index (χ0v) is 32.7. The fourth-order valence-electron chi connectivity index (χ4n) is 4.07. The highest BCUT2D eigenvalue weighted by atomic mass is 16.6. The summed E-state index contributed by atoms with van der Waals surface area (Å²) in [4.78, 5) is 60.0. The summed E-state index contributed by atoms with van der Waals surface area (Å²) in [6.45, 7) is 22.0. The molecule has 1 aromatic rings. The summed E-state index contributed by atoms with van der Waals surface area (Å²) in [5, 5.41) is 5.35. The van der Waals surface area contributed by atoms with Gasteiger partial charge in [-0.3, -0.25) is 0 Å². The standard InChI is InChI=1S/C40H58N2O13/c1-28(2)23-48-24-34(54-39(46)41-18-11-9-13-20-49-36(43)29(3)4)25-51-32-16-15-17-33(22-32)52-26-35(27-53-38(45)31(7)8)55-40(47)42-19-12-10-14-21-50-37(44)30(5)6/h15-17,22,34-35H,1,3,5,7,9-14,18-21,23-27H2,2,4,6,8H3,(H,41,46)(H,42,47). The molecule has 1 aromatic carbocycles. The molecule has 0 fully saturated rings. The monoisotopic (exact) mass is 774 g/mol. The number of hydrogen-bond donors (Lipinski definition) is 2. The summed E-state index contributed by atoms with van der Waals surface area (Å²) < 4.78 is 43.8. The van der Waals surface area contributed by atoms with Crippen LogP contribution in [0.15, 0.2) is 72.9 Å². The number of esters is 3. The molecule has 0 heterocycles. The molecule has 0 aromatic heterocycles. The third-order valence-electron chi connectivity index (χ3n) is 6.97. The molecule has 15 nitrogen and oxygen atoms in total. The number of rotatable bonds is 29. The molecule has 2 N–H and O–H groups in total. The van der Waals surface area contributed by atoms with E-state index >= 15 is 0 Å². The predicted octanol–water partition coefficient (Wildman–Crippen LogP) is 5.93. The molecule has 0 saturated carbocycles. The molecular formula is C40H58N2O13. The maximum absolute atomic E-state index is 12.5. The van der Waals surface area contributed by atoms with Crippen molar-refractivity contribution in [1.29, 1.82) is 0 Å². The first kappa shape index (κ1) is 47.7. The van der Waals surface area contributed by atoms with Gasteiger partial charge in [0.15, 0.2) is 12.2 Å². The van der Waals surface area contributed by atoms with Crippen molar-refractivity contribution in [3.63, 3.8) is 0 Å². The molecule has 2 unspecified atom stereocenters. The molecular weight excluding hydrogens is 716 g/mol. The largest absolute Gasteiger partial charge is 0.489 e. The van der Waals surface area contributed by atoms with Gasteiger partial charge in [0.05, 0.1) is 26.4 Å². The van der Waals surface area contributed by atoms with Gasteiger partial charge >= 0.3 is 30.1 Å². The normalized spacial score (nSPS) is 11.5. The van der Waals surface area contributed by atoms with Crippen LogP contribution in [0.5, 0.6) is 11.5 Å². The highest BCUT2D eigenvalue weighted by Crippen LogP contribution is 2.20. The first-order valence-electron chi connectivity index (χ1n) is 18.1. The Morgan fingerprint density at radius 3 is 1.45 bits per heavy atom. The Kier molecular flexibility index (Phi) is 24.4. The van der Waals surface area contributed by atoms with E-state index in [9.17, 15) is 24.0 Å². The summed E-state index contributed by atoms with van der Waals surface area (Å²) >= 11 is 0. The van der Waals surface area contributed by atoms with E-state index in [-0.39, 0.29) is 51.8 Å². The van der Waals surface area contributed by atoms with Crippen LogP contribution in [0.2, 0.25) is 0 Å². The van der Waals surface area contributed by atoms with Gasteiger partial charge in [0.2, 0.25) is 0 Å². The van der Waals surface area contributed by atoms with Crippen molar-refractivity contribution < 1.29 is 61.9 Å². The molecule has 0 aliphatic rings. The van der Waals surface area contributed by atoms with Crippen molar-refractivity contribution in [3.05, 3.63) is 72.9 Å². The molecule has 0 spiro atoms. The molecule has 0 radical (unpaired) electrons. The highest BCUT2D eigenvalue weighted by molar-refractivity contribution is 5.87. The molecule has 2 amide bonds. The Morgan fingerprint density at radius 1 is 0.582 bits per heavy atom. The Morgan fingerprint density at radius 2 is 1.02 bits per heavy atom. The lowest BCUT2D eigenvalue weighted by molar-refractivity contribution is -0.142. The SMILES string of the molecule is C=C(C)COCC(COc1cccc(OCC(COC(=O)C(=C)C)OC(=O)NCCCCCOC(=O)C(=C)C)c1)OC(=O)NCCCCCOC(=O)C(=C)C. The fraction of sp³-hybridized carbons (Fsp3) is 0.525. The molecule has 2 atom stereocenters. The maximum atomic E-state index is 12.5. The summed E-state index contributed by atoms with van der Waals surface area (Å²) in [5.74, 6) is -0.744. The first-order chi connectivity index (χ1) is 26.2. The van der Waals surface area contributed by atoms with E-state index in [0.29, 0.717) is 67.8 Å². The van der Waals surface area contributed by atoms with Gasteiger partial charge in [-0.05, 0) is 78.4 Å². The minimum atomic E-state index is -0.963. The predicted molar refractivity (Wildman–Crippen MR) is 205 cm³/mol. The topological polar surface area (TPSA) is 183 Å². The number of benzene rings is 1. The van der Waals surface area contributed by atoms with Crippen molar-refractivity contribution in [2.24, 2.45) is 0 Å². The van der Waals surface area contributed by atoms with Gasteiger partial charge in [0.1, 0.15) is 31.3 Å². The molecule has 1 rings (SSSR count). The lowest BCUT2D eigenvalue weighted by Crippen LogP contribution is -2.36. The van der Waals surface area contributed by atoms with Crippen molar-refractivity contribution in [1.82, 2.24) is 10.6 Å². The van der Waals surface area contributed by atoms with E-state index < -0.39 is 42.3 Å². The van der Waals surface area contributed by atoms with Crippen LogP contribution in [0.3, 0.4) is 0 Å². The molecule has 0 aliphatic carbocycles. The van der Waals surface area contributed by atoms with Crippen LogP contribution < -0.4 is 20.1 Å². The van der Waals surface area contributed by atoms with E-state index in [0.717, 1.165) is 12.0 Å². The molecule has 15 heteroatoms. The molecule has 0 saturated heterocycles. The Bertz CT molecular complexity index is 1440. The summed E-state index contributed by atoms with van der Waals surface area (Å²) in [6.07, 6.45) is 0.892. The summed E-state index contributed by atoms with van der Waals surface area (Å²) in [7, 11) is 0. The third kappa shape index (κ3) is 24.6. The lowest BCUT2D eigenvalue weighted by Gasteiger charge is -2.20. The molecule has 55 heavy (non-hydrogen) atoms. The van der Waals surface area contributed by atoms with Crippen LogP contribution in [-0.2, 0) is 42.8 Å². The second-order valence-electron chi connectivity index (χ2n) is 12.8. The van der Waals surface area contributed by atoms with Crippen molar-refractivity contribution in [2.45, 2.75) is 78.4 Å². The zero-order chi connectivity index (χ0) is 41.0. The first-order valence-corrected chi connectivity index (χ1v) is 18.1. The third-order valence-corrected chi connectivity index (χ3v) is 6.97. The van der Waals surface area contributed by atoms with Gasteiger partial charge in [0, 0.05) is 35.9 Å². The second-order valence-corrected chi connectivity index (χ2v) is 12.8. The number of carbonyl (C=O) groups is 5. The van der Waals surface area contributed by atoms with Crippen molar-refractivity contribution in [3.8, 4) is 11.5 Å². The summed E-state index contributed by atoms with van der Waals surface area (Å²) in [5.41, 5.74) is 1.66. The van der Waals surface area contributed by atoms with E-state index in [1.54, 1.807) is 38.1 Å². The van der Waals surface area contributed by atoms with E-state index in [1.165, 1.54) is 6.92 Å². The number of alkyl carbamates (subject to hydrolysis) is 2. The molecule has 0 aliphatic heterocycles. The highest BCUT2D eigenvalue weighted by Gasteiger charge is 2.20. The fourth-order valence-corrected chi connectivity index (χ4v) is 4.07. The van der Waals surface area contributed by atoms with Gasteiger partial charge in [-0.2, -0.15) is 0 Å². The van der Waals surface area contributed by atoms with E-state index in [1.807, 2.05) is 6.92 Å². The van der Waals surface area contributed by atoms with Gasteiger partial charge < -0.3 is 48.5 Å². The number of carbonyl (C=O) groups excluding carboxylic acids is 5. The zero-order valence-electron chi connectivity index (χ0n) is 32.7. The number of nitrogens with one attached hydrogen (secondary N) is 2. The Hall–Kier alpha value is -5.31. The average Bonchev–Trinajstić information content (AvgIpc) is 3.13. The summed E-state index contributed by atoms with van der Waals surface area (Å²) in [6, 6.07) is 6.64. The Balaban J connectivity index is 2.67. The lowest BCUT2D eigenvalue weighted by atomic mass is 10.2. The van der Waals surface area contributed by atoms with Gasteiger partial charge in [-0.25, -0.2) is 24.0 Å². The van der Waals surface area contributed by atoms with Crippen molar-refractivity contribution >= 4 is 30.1 Å². The smallest absolute Gasteiger partial charge is 0.407 e. The molecule has 0 bridgehead atoms. The number of hydrogen-bond acceptors (Lipinski definition) is 13. The minimum absolute atomic E-state index is 0.0381. The van der Waals surface area contributed by atoms with Gasteiger partial charge in [-0.1, -0.05) is 38.0 Å². The van der Waals surface area contributed by atoms with Crippen LogP contribution in [0.1, 0.15) is 66.2 Å². The minimum Gasteiger partial charge on any atom is -0.489 e. The van der Waals surface area contributed by atoms with Crippen LogP contribution in [0, 0.1) is 0 Å². The second kappa shape index (κ2) is 28.2. The van der Waals surface area contributed by atoms with Gasteiger partial charge in [0.25, 0.3) is 0 Å². The van der Waals surface area contributed by atoms with Crippen LogP contribution in [0.25, 0.3) is 0 Å².